The fourth-order valence-electron chi connectivity index (χ4n) is 2.57. The molecule has 4 rings (SSSR count). The molecule has 0 saturated heterocycles. The predicted molar refractivity (Wildman–Crippen MR) is 89.3 cm³/mol. The van der Waals surface area contributed by atoms with E-state index in [4.69, 9.17) is 4.98 Å². The molecule has 4 heteroatoms. The Hall–Kier alpha value is -2.20. The molecule has 0 radical (unpaired) electrons. The van der Waals surface area contributed by atoms with Crippen LogP contribution in [0.3, 0.4) is 0 Å². The van der Waals surface area contributed by atoms with Gasteiger partial charge < -0.3 is 4.98 Å². The van der Waals surface area contributed by atoms with Crippen LogP contribution in [0.2, 0.25) is 0 Å². The highest BCUT2D eigenvalue weighted by Gasteiger charge is 2.09. The first kappa shape index (κ1) is 12.5. The van der Waals surface area contributed by atoms with Crippen LogP contribution in [0.1, 0.15) is 5.56 Å². The summed E-state index contributed by atoms with van der Waals surface area (Å²) in [5.74, 6) is 0.803. The van der Waals surface area contributed by atoms with Crippen LogP contribution in [-0.4, -0.2) is 15.0 Å². The largest absolute Gasteiger partial charge is 0.337 e. The Morgan fingerprint density at radius 3 is 2.76 bits per heavy atom. The highest BCUT2D eigenvalue weighted by molar-refractivity contribution is 9.10. The van der Waals surface area contributed by atoms with E-state index in [0.29, 0.717) is 0 Å². The fourth-order valence-corrected chi connectivity index (χ4v) is 3.14. The summed E-state index contributed by atoms with van der Waals surface area (Å²) in [6, 6.07) is 16.3. The third-order valence-corrected chi connectivity index (χ3v) is 4.04. The lowest BCUT2D eigenvalue weighted by Crippen LogP contribution is -1.86. The summed E-state index contributed by atoms with van der Waals surface area (Å²) >= 11 is 3.52. The number of hydrogen-bond acceptors (Lipinski definition) is 2. The summed E-state index contributed by atoms with van der Waals surface area (Å²) in [6.45, 7) is 2.06. The Balaban J connectivity index is 1.93. The van der Waals surface area contributed by atoms with Gasteiger partial charge in [-0.2, -0.15) is 0 Å². The molecule has 21 heavy (non-hydrogen) atoms. The number of H-pyrrole nitrogens is 1. The van der Waals surface area contributed by atoms with Crippen molar-refractivity contribution in [2.24, 2.45) is 0 Å². The Bertz CT molecular complexity index is 972. The Kier molecular flexibility index (Phi) is 2.79. The highest BCUT2D eigenvalue weighted by atomic mass is 79.9. The second-order valence-electron chi connectivity index (χ2n) is 5.09. The molecule has 0 amide bonds. The van der Waals surface area contributed by atoms with Crippen molar-refractivity contribution in [3.05, 3.63) is 58.6 Å². The molecule has 0 aliphatic heterocycles. The lowest BCUT2D eigenvalue weighted by atomic mass is 10.2. The number of rotatable bonds is 1. The van der Waals surface area contributed by atoms with Crippen molar-refractivity contribution in [3.63, 3.8) is 0 Å². The van der Waals surface area contributed by atoms with Gasteiger partial charge in [0.05, 0.1) is 16.6 Å². The molecule has 102 valence electrons. The smallest absolute Gasteiger partial charge is 0.157 e. The van der Waals surface area contributed by atoms with Gasteiger partial charge in [0, 0.05) is 9.86 Å². The SMILES string of the molecule is Cc1cc(Br)cc2[nH]c(-c3ccc4ccccc4n3)nc12. The van der Waals surface area contributed by atoms with Crippen LogP contribution >= 0.6 is 15.9 Å². The van der Waals surface area contributed by atoms with E-state index >= 15 is 0 Å². The van der Waals surface area contributed by atoms with Gasteiger partial charge in [0.15, 0.2) is 5.82 Å². The molecule has 1 N–H and O–H groups in total. The molecule has 0 bridgehead atoms. The third kappa shape index (κ3) is 2.12. The number of aromatic nitrogens is 3. The van der Waals surface area contributed by atoms with Crippen LogP contribution in [0.25, 0.3) is 33.5 Å². The van der Waals surface area contributed by atoms with Crippen LogP contribution in [0, 0.1) is 6.92 Å². The summed E-state index contributed by atoms with van der Waals surface area (Å²) in [5.41, 5.74) is 4.99. The van der Waals surface area contributed by atoms with Crippen molar-refractivity contribution >= 4 is 37.9 Å². The monoisotopic (exact) mass is 337 g/mol. The van der Waals surface area contributed by atoms with Gasteiger partial charge >= 0.3 is 0 Å². The molecule has 2 aromatic heterocycles. The van der Waals surface area contributed by atoms with E-state index in [0.717, 1.165) is 43.5 Å². The summed E-state index contributed by atoms with van der Waals surface area (Å²) in [7, 11) is 0. The molecule has 0 spiro atoms. The zero-order valence-corrected chi connectivity index (χ0v) is 13.0. The summed E-state index contributed by atoms with van der Waals surface area (Å²) in [5, 5.41) is 1.14. The number of para-hydroxylation sites is 1. The molecule has 0 fully saturated rings. The summed E-state index contributed by atoms with van der Waals surface area (Å²) in [4.78, 5) is 12.7. The standard InChI is InChI=1S/C17H12BrN3/c1-10-8-12(18)9-15-16(10)21-17(20-15)14-7-6-11-4-2-3-5-13(11)19-14/h2-9H,1H3,(H,20,21). The fraction of sp³-hybridized carbons (Fsp3) is 0.0588. The number of benzene rings is 2. The molecule has 4 aromatic rings. The van der Waals surface area contributed by atoms with Crippen molar-refractivity contribution in [1.29, 1.82) is 0 Å². The Morgan fingerprint density at radius 2 is 1.86 bits per heavy atom. The highest BCUT2D eigenvalue weighted by Crippen LogP contribution is 2.26. The zero-order valence-electron chi connectivity index (χ0n) is 11.4. The maximum atomic E-state index is 4.69. The quantitative estimate of drug-likeness (QED) is 0.539. The first-order chi connectivity index (χ1) is 10.2. The number of aromatic amines is 1. The number of fused-ring (bicyclic) bond motifs is 2. The number of pyridine rings is 1. The number of hydrogen-bond donors (Lipinski definition) is 1. The number of halogens is 1. The van der Waals surface area contributed by atoms with Gasteiger partial charge in [-0.05, 0) is 36.8 Å². The second-order valence-corrected chi connectivity index (χ2v) is 6.01. The second kappa shape index (κ2) is 4.67. The molecular weight excluding hydrogens is 326 g/mol. The zero-order chi connectivity index (χ0) is 14.4. The Morgan fingerprint density at radius 1 is 1.00 bits per heavy atom. The molecule has 2 aromatic carbocycles. The van der Waals surface area contributed by atoms with Gasteiger partial charge in [0.25, 0.3) is 0 Å². The number of imidazole rings is 1. The van der Waals surface area contributed by atoms with Crippen LogP contribution < -0.4 is 0 Å². The predicted octanol–water partition coefficient (Wildman–Crippen LogP) is 4.85. The molecular formula is C17H12BrN3. The van der Waals surface area contributed by atoms with Crippen molar-refractivity contribution in [3.8, 4) is 11.5 Å². The van der Waals surface area contributed by atoms with Crippen molar-refractivity contribution in [1.82, 2.24) is 15.0 Å². The molecule has 0 aliphatic rings. The third-order valence-electron chi connectivity index (χ3n) is 3.58. The Labute approximate surface area is 130 Å². The molecule has 0 atom stereocenters. The minimum Gasteiger partial charge on any atom is -0.337 e. The van der Waals surface area contributed by atoms with E-state index in [-0.39, 0.29) is 0 Å². The molecule has 0 unspecified atom stereocenters. The maximum Gasteiger partial charge on any atom is 0.157 e. The van der Waals surface area contributed by atoms with Crippen LogP contribution in [0.4, 0.5) is 0 Å². The van der Waals surface area contributed by atoms with Gasteiger partial charge in [-0.15, -0.1) is 0 Å². The number of nitrogens with one attached hydrogen (secondary N) is 1. The van der Waals surface area contributed by atoms with Crippen molar-refractivity contribution in [2.75, 3.05) is 0 Å². The maximum absolute atomic E-state index is 4.69. The van der Waals surface area contributed by atoms with Crippen molar-refractivity contribution < 1.29 is 0 Å². The first-order valence-corrected chi connectivity index (χ1v) is 7.52. The van der Waals surface area contributed by atoms with Crippen LogP contribution in [0.15, 0.2) is 53.0 Å². The van der Waals surface area contributed by atoms with Gasteiger partial charge in [-0.1, -0.05) is 40.2 Å². The number of aryl methyl sites for hydroxylation is 1. The van der Waals surface area contributed by atoms with Gasteiger partial charge in [0.2, 0.25) is 0 Å². The first-order valence-electron chi connectivity index (χ1n) is 6.73. The van der Waals surface area contributed by atoms with Crippen LogP contribution in [0.5, 0.6) is 0 Å². The lowest BCUT2D eigenvalue weighted by molar-refractivity contribution is 1.27. The summed E-state index contributed by atoms with van der Waals surface area (Å²) < 4.78 is 1.05. The minimum atomic E-state index is 0.803. The van der Waals surface area contributed by atoms with Gasteiger partial charge in [-0.25, -0.2) is 9.97 Å². The topological polar surface area (TPSA) is 41.6 Å². The van der Waals surface area contributed by atoms with E-state index in [9.17, 15) is 0 Å². The van der Waals surface area contributed by atoms with E-state index in [2.05, 4.69) is 51.0 Å². The summed E-state index contributed by atoms with van der Waals surface area (Å²) in [6.07, 6.45) is 0. The normalized spacial score (nSPS) is 11.3. The van der Waals surface area contributed by atoms with E-state index in [1.165, 1.54) is 0 Å². The van der Waals surface area contributed by atoms with E-state index in [1.54, 1.807) is 0 Å². The van der Waals surface area contributed by atoms with Gasteiger partial charge in [0.1, 0.15) is 5.69 Å². The average Bonchev–Trinajstić information content (AvgIpc) is 2.91. The molecule has 2 heterocycles. The molecule has 0 saturated carbocycles. The lowest BCUT2D eigenvalue weighted by Gasteiger charge is -1.99. The van der Waals surface area contributed by atoms with Crippen molar-refractivity contribution in [2.45, 2.75) is 6.92 Å². The van der Waals surface area contributed by atoms with E-state index < -0.39 is 0 Å². The average molecular weight is 338 g/mol. The van der Waals surface area contributed by atoms with Gasteiger partial charge in [-0.3, -0.25) is 0 Å². The molecule has 3 nitrogen and oxygen atoms in total. The van der Waals surface area contributed by atoms with E-state index in [1.807, 2.05) is 30.3 Å². The molecule has 0 aliphatic carbocycles. The minimum absolute atomic E-state index is 0.803. The number of nitrogens with zero attached hydrogens (tertiary/aromatic N) is 2. The van der Waals surface area contributed by atoms with Crippen LogP contribution in [-0.2, 0) is 0 Å².